The number of para-hydroxylation sites is 1. The number of terminal acetylenes is 1. The first-order valence-electron chi connectivity index (χ1n) is 11.5. The van der Waals surface area contributed by atoms with Crippen molar-refractivity contribution < 1.29 is 19.0 Å². The molecule has 0 aliphatic carbocycles. The first-order chi connectivity index (χ1) is 16.4. The number of nitrogens with zero attached hydrogens (tertiary/aromatic N) is 3. The quantitative estimate of drug-likeness (QED) is 0.313. The lowest BCUT2D eigenvalue weighted by atomic mass is 10.1. The molecule has 0 amide bonds. The van der Waals surface area contributed by atoms with Crippen LogP contribution in [0.25, 0.3) is 5.69 Å². The average molecular weight is 466 g/mol. The number of halogens is 1. The van der Waals surface area contributed by atoms with Gasteiger partial charge in [-0.25, -0.2) is 9.07 Å². The molecule has 0 saturated carbocycles. The summed E-state index contributed by atoms with van der Waals surface area (Å²) in [6.07, 6.45) is 5.24. The van der Waals surface area contributed by atoms with Gasteiger partial charge in [0.25, 0.3) is 0 Å². The summed E-state index contributed by atoms with van der Waals surface area (Å²) in [7, 11) is 0. The van der Waals surface area contributed by atoms with Crippen LogP contribution >= 0.6 is 0 Å². The molecule has 3 rings (SSSR count). The maximum absolute atomic E-state index is 13.5. The molecule has 0 aliphatic heterocycles. The Morgan fingerprint density at radius 2 is 1.85 bits per heavy atom. The Labute approximate surface area is 200 Å². The normalized spacial score (nSPS) is 12.2. The molecule has 34 heavy (non-hydrogen) atoms. The third-order valence-corrected chi connectivity index (χ3v) is 5.42. The molecule has 180 valence electrons. The summed E-state index contributed by atoms with van der Waals surface area (Å²) in [4.78, 5) is 2.15. The van der Waals surface area contributed by atoms with Crippen molar-refractivity contribution in [2.45, 2.75) is 45.9 Å². The number of aliphatic hydroxyl groups excluding tert-OH is 1. The van der Waals surface area contributed by atoms with Crippen molar-refractivity contribution in [2.75, 3.05) is 19.8 Å². The molecule has 1 aromatic heterocycles. The molecule has 1 unspecified atom stereocenters. The van der Waals surface area contributed by atoms with Crippen molar-refractivity contribution in [1.29, 1.82) is 0 Å². The van der Waals surface area contributed by atoms with E-state index in [0.29, 0.717) is 31.1 Å². The molecule has 3 aromatic rings. The summed E-state index contributed by atoms with van der Waals surface area (Å²) in [5.74, 6) is 3.16. The Hall–Kier alpha value is -3.18. The van der Waals surface area contributed by atoms with Gasteiger partial charge in [0.15, 0.2) is 0 Å². The number of hydrogen-bond acceptors (Lipinski definition) is 5. The van der Waals surface area contributed by atoms with E-state index in [4.69, 9.17) is 21.0 Å². The van der Waals surface area contributed by atoms with Crippen LogP contribution in [0.5, 0.6) is 11.6 Å². The van der Waals surface area contributed by atoms with Gasteiger partial charge in [-0.3, -0.25) is 4.90 Å². The fourth-order valence-electron chi connectivity index (χ4n) is 3.62. The van der Waals surface area contributed by atoms with Crippen LogP contribution in [0, 0.1) is 18.2 Å². The zero-order valence-electron chi connectivity index (χ0n) is 19.9. The van der Waals surface area contributed by atoms with Crippen molar-refractivity contribution in [3.05, 3.63) is 71.7 Å². The minimum absolute atomic E-state index is 0.144. The zero-order chi connectivity index (χ0) is 24.5. The van der Waals surface area contributed by atoms with Gasteiger partial charge in [0.1, 0.15) is 18.2 Å². The van der Waals surface area contributed by atoms with E-state index in [0.717, 1.165) is 16.9 Å². The SMILES string of the molecule is C#CCOCC(O)CN(Cc1c(CC)nn(-c2ccccc2)c1Oc1ccc(F)cc1)C(C)C. The summed E-state index contributed by atoms with van der Waals surface area (Å²) >= 11 is 0. The first kappa shape index (κ1) is 25.4. The Bertz CT molecular complexity index is 1070. The van der Waals surface area contributed by atoms with E-state index >= 15 is 0 Å². The highest BCUT2D eigenvalue weighted by Gasteiger charge is 2.25. The Morgan fingerprint density at radius 1 is 1.15 bits per heavy atom. The van der Waals surface area contributed by atoms with Crippen molar-refractivity contribution >= 4 is 0 Å². The summed E-state index contributed by atoms with van der Waals surface area (Å²) in [6, 6.07) is 15.8. The topological polar surface area (TPSA) is 59.8 Å². The third-order valence-electron chi connectivity index (χ3n) is 5.42. The lowest BCUT2D eigenvalue weighted by molar-refractivity contribution is 0.0190. The number of ether oxygens (including phenoxy) is 2. The molecule has 0 aliphatic rings. The van der Waals surface area contributed by atoms with Crippen molar-refractivity contribution in [1.82, 2.24) is 14.7 Å². The van der Waals surface area contributed by atoms with Crippen LogP contribution in [0.2, 0.25) is 0 Å². The van der Waals surface area contributed by atoms with Gasteiger partial charge in [-0.1, -0.05) is 31.0 Å². The highest BCUT2D eigenvalue weighted by atomic mass is 19.1. The molecule has 6 nitrogen and oxygen atoms in total. The van der Waals surface area contributed by atoms with Gasteiger partial charge in [0, 0.05) is 19.1 Å². The fourth-order valence-corrected chi connectivity index (χ4v) is 3.62. The smallest absolute Gasteiger partial charge is 0.227 e. The molecule has 0 radical (unpaired) electrons. The van der Waals surface area contributed by atoms with E-state index in [2.05, 4.69) is 24.7 Å². The van der Waals surface area contributed by atoms with Gasteiger partial charge in [0.05, 0.1) is 29.7 Å². The molecule has 1 atom stereocenters. The van der Waals surface area contributed by atoms with Crippen molar-refractivity contribution in [3.63, 3.8) is 0 Å². The molecular weight excluding hydrogens is 433 g/mol. The van der Waals surface area contributed by atoms with Crippen LogP contribution in [-0.4, -0.2) is 51.7 Å². The second-order valence-electron chi connectivity index (χ2n) is 8.28. The molecule has 7 heteroatoms. The molecule has 0 bridgehead atoms. The largest absolute Gasteiger partial charge is 0.439 e. The monoisotopic (exact) mass is 465 g/mol. The lowest BCUT2D eigenvalue weighted by Crippen LogP contribution is -2.39. The highest BCUT2D eigenvalue weighted by molar-refractivity contribution is 5.43. The standard InChI is InChI=1S/C27H32FN3O3/c1-5-16-33-19-23(32)17-30(20(3)4)18-25-26(6-2)29-31(22-10-8-7-9-11-22)27(25)34-24-14-12-21(28)13-15-24/h1,7-15,20,23,32H,6,16-19H2,2-4H3. The summed E-state index contributed by atoms with van der Waals surface area (Å²) in [6.45, 7) is 7.43. The van der Waals surface area contributed by atoms with Crippen LogP contribution in [-0.2, 0) is 17.7 Å². The molecule has 2 aromatic carbocycles. The second kappa shape index (κ2) is 12.3. The highest BCUT2D eigenvalue weighted by Crippen LogP contribution is 2.32. The van der Waals surface area contributed by atoms with Gasteiger partial charge in [0.2, 0.25) is 5.88 Å². The predicted molar refractivity (Wildman–Crippen MR) is 131 cm³/mol. The first-order valence-corrected chi connectivity index (χ1v) is 11.5. The third kappa shape index (κ3) is 6.67. The number of rotatable bonds is 12. The number of aromatic nitrogens is 2. The maximum atomic E-state index is 13.5. The number of aliphatic hydroxyl groups is 1. The number of aryl methyl sites for hydroxylation is 1. The summed E-state index contributed by atoms with van der Waals surface area (Å²) in [5.41, 5.74) is 2.67. The average Bonchev–Trinajstić information content (AvgIpc) is 3.17. The van der Waals surface area contributed by atoms with E-state index in [1.807, 2.05) is 37.3 Å². The second-order valence-corrected chi connectivity index (χ2v) is 8.28. The van der Waals surface area contributed by atoms with Crippen LogP contribution < -0.4 is 4.74 Å². The lowest BCUT2D eigenvalue weighted by Gasteiger charge is -2.29. The molecule has 0 fully saturated rings. The Balaban J connectivity index is 1.97. The maximum Gasteiger partial charge on any atom is 0.227 e. The molecule has 1 N–H and O–H groups in total. The molecule has 0 spiro atoms. The van der Waals surface area contributed by atoms with Gasteiger partial charge >= 0.3 is 0 Å². The van der Waals surface area contributed by atoms with Crippen molar-refractivity contribution in [2.24, 2.45) is 0 Å². The minimum Gasteiger partial charge on any atom is -0.439 e. The number of benzene rings is 2. The van der Waals surface area contributed by atoms with Gasteiger partial charge in [-0.15, -0.1) is 6.42 Å². The fraction of sp³-hybridized carbons (Fsp3) is 0.370. The van der Waals surface area contributed by atoms with E-state index in [1.165, 1.54) is 12.1 Å². The molecule has 1 heterocycles. The minimum atomic E-state index is -0.688. The predicted octanol–water partition coefficient (Wildman–Crippen LogP) is 4.59. The van der Waals surface area contributed by atoms with Gasteiger partial charge < -0.3 is 14.6 Å². The van der Waals surface area contributed by atoms with Gasteiger partial charge in [-0.05, 0) is 56.7 Å². The summed E-state index contributed by atoms with van der Waals surface area (Å²) < 4.78 is 26.9. The van der Waals surface area contributed by atoms with Crippen LogP contribution in [0.1, 0.15) is 32.0 Å². The van der Waals surface area contributed by atoms with Crippen LogP contribution in [0.15, 0.2) is 54.6 Å². The Kier molecular flexibility index (Phi) is 9.23. The van der Waals surface area contributed by atoms with Crippen LogP contribution in [0.4, 0.5) is 4.39 Å². The molecular formula is C27H32FN3O3. The Morgan fingerprint density at radius 3 is 2.47 bits per heavy atom. The van der Waals surface area contributed by atoms with E-state index < -0.39 is 6.10 Å². The van der Waals surface area contributed by atoms with Crippen LogP contribution in [0.3, 0.4) is 0 Å². The van der Waals surface area contributed by atoms with Crippen molar-refractivity contribution in [3.8, 4) is 29.7 Å². The molecule has 0 saturated heterocycles. The van der Waals surface area contributed by atoms with E-state index in [1.54, 1.807) is 16.8 Å². The zero-order valence-corrected chi connectivity index (χ0v) is 19.9. The van der Waals surface area contributed by atoms with Gasteiger partial charge in [-0.2, -0.15) is 5.10 Å². The number of hydrogen-bond donors (Lipinski definition) is 1. The van der Waals surface area contributed by atoms with E-state index in [9.17, 15) is 9.50 Å². The summed E-state index contributed by atoms with van der Waals surface area (Å²) in [5, 5.41) is 15.3. The van der Waals surface area contributed by atoms with E-state index in [-0.39, 0.29) is 25.1 Å².